The van der Waals surface area contributed by atoms with Crippen molar-refractivity contribution in [2.75, 3.05) is 25.0 Å². The van der Waals surface area contributed by atoms with E-state index in [4.69, 9.17) is 0 Å². The highest BCUT2D eigenvalue weighted by molar-refractivity contribution is 7.89. The van der Waals surface area contributed by atoms with Crippen LogP contribution < -0.4 is 10.6 Å². The molecule has 2 aromatic rings. The number of benzene rings is 2. The number of carbonyl (C=O) groups is 1. The van der Waals surface area contributed by atoms with Gasteiger partial charge in [0.15, 0.2) is 0 Å². The van der Waals surface area contributed by atoms with Gasteiger partial charge in [0.2, 0.25) is 15.9 Å². The number of nitrogens with zero attached hydrogens (tertiary/aromatic N) is 1. The molecule has 0 bridgehead atoms. The van der Waals surface area contributed by atoms with E-state index < -0.39 is 10.0 Å². The molecular weight excluding hydrogens is 386 g/mol. The van der Waals surface area contributed by atoms with E-state index >= 15 is 0 Å². The van der Waals surface area contributed by atoms with Crippen LogP contribution in [0.5, 0.6) is 0 Å². The first-order valence-electron chi connectivity index (χ1n) is 9.80. The first-order valence-corrected chi connectivity index (χ1v) is 11.2. The molecule has 29 heavy (non-hydrogen) atoms. The molecule has 0 saturated carbocycles. The van der Waals surface area contributed by atoms with Gasteiger partial charge in [-0.3, -0.25) is 4.79 Å². The summed E-state index contributed by atoms with van der Waals surface area (Å²) in [5, 5.41) is 6.16. The summed E-state index contributed by atoms with van der Waals surface area (Å²) in [7, 11) is -3.53. The van der Waals surface area contributed by atoms with Crippen LogP contribution in [-0.2, 0) is 21.2 Å². The Morgan fingerprint density at radius 1 is 1.07 bits per heavy atom. The molecule has 3 rings (SSSR count). The van der Waals surface area contributed by atoms with Crippen LogP contribution in [0.4, 0.5) is 5.69 Å². The first kappa shape index (κ1) is 21.2. The number of hydrogen-bond acceptors (Lipinski definition) is 4. The standard InChI is InChI=1S/C22H27N3O3S/c1-2-22(26)24-20-8-10-21(11-9-20)29(27,28)25-16-13-19(14-17-25)23-15-12-18-6-4-3-5-7-18/h2-11,19,23H,1,12-17H2,(H,24,26). The van der Waals surface area contributed by atoms with Gasteiger partial charge in [-0.05, 0) is 61.7 Å². The van der Waals surface area contributed by atoms with Crippen LogP contribution in [0.15, 0.2) is 72.1 Å². The lowest BCUT2D eigenvalue weighted by molar-refractivity contribution is -0.111. The fraction of sp³-hybridized carbons (Fsp3) is 0.318. The Hall–Kier alpha value is -2.48. The summed E-state index contributed by atoms with van der Waals surface area (Å²) in [5.74, 6) is -0.331. The number of piperidine rings is 1. The Balaban J connectivity index is 1.50. The zero-order valence-electron chi connectivity index (χ0n) is 16.4. The Morgan fingerprint density at radius 2 is 1.72 bits per heavy atom. The van der Waals surface area contributed by atoms with Crippen LogP contribution >= 0.6 is 0 Å². The number of rotatable bonds is 8. The van der Waals surface area contributed by atoms with E-state index in [0.717, 1.165) is 25.8 Å². The highest BCUT2D eigenvalue weighted by Crippen LogP contribution is 2.22. The van der Waals surface area contributed by atoms with Gasteiger partial charge in [-0.25, -0.2) is 8.42 Å². The SMILES string of the molecule is C=CC(=O)Nc1ccc(S(=O)(=O)N2CCC(NCCc3ccccc3)CC2)cc1. The minimum absolute atomic E-state index is 0.240. The largest absolute Gasteiger partial charge is 0.323 e. The Morgan fingerprint density at radius 3 is 2.34 bits per heavy atom. The minimum Gasteiger partial charge on any atom is -0.323 e. The smallest absolute Gasteiger partial charge is 0.247 e. The van der Waals surface area contributed by atoms with Gasteiger partial charge >= 0.3 is 0 Å². The first-order chi connectivity index (χ1) is 14.0. The van der Waals surface area contributed by atoms with Crippen molar-refractivity contribution in [3.8, 4) is 0 Å². The third-order valence-corrected chi connectivity index (χ3v) is 7.00. The average molecular weight is 414 g/mol. The summed E-state index contributed by atoms with van der Waals surface area (Å²) >= 11 is 0. The van der Waals surface area contributed by atoms with Crippen molar-refractivity contribution in [3.63, 3.8) is 0 Å². The molecule has 0 unspecified atom stereocenters. The van der Waals surface area contributed by atoms with Crippen LogP contribution in [-0.4, -0.2) is 44.3 Å². The van der Waals surface area contributed by atoms with Crippen molar-refractivity contribution in [1.82, 2.24) is 9.62 Å². The Labute approximate surface area is 172 Å². The summed E-state index contributed by atoms with van der Waals surface area (Å²) < 4.78 is 27.3. The van der Waals surface area contributed by atoms with E-state index in [2.05, 4.69) is 29.3 Å². The van der Waals surface area contributed by atoms with Gasteiger partial charge in [-0.15, -0.1) is 0 Å². The molecule has 1 aliphatic heterocycles. The summed E-state index contributed by atoms with van der Waals surface area (Å²) in [6.07, 6.45) is 3.72. The lowest BCUT2D eigenvalue weighted by Crippen LogP contribution is -2.45. The van der Waals surface area contributed by atoms with Crippen LogP contribution in [0.2, 0.25) is 0 Å². The van der Waals surface area contributed by atoms with Crippen molar-refractivity contribution in [3.05, 3.63) is 72.8 Å². The molecule has 0 atom stereocenters. The molecule has 0 spiro atoms. The number of amides is 1. The van der Waals surface area contributed by atoms with Gasteiger partial charge in [0.1, 0.15) is 0 Å². The maximum Gasteiger partial charge on any atom is 0.247 e. The van der Waals surface area contributed by atoms with E-state index in [9.17, 15) is 13.2 Å². The predicted octanol–water partition coefficient (Wildman–Crippen LogP) is 2.80. The summed E-state index contributed by atoms with van der Waals surface area (Å²) in [6.45, 7) is 5.28. The molecule has 1 aliphatic rings. The van der Waals surface area contributed by atoms with E-state index in [1.807, 2.05) is 18.2 Å². The lowest BCUT2D eigenvalue weighted by Gasteiger charge is -2.31. The van der Waals surface area contributed by atoms with Gasteiger partial charge in [-0.1, -0.05) is 36.9 Å². The normalized spacial score (nSPS) is 15.7. The second-order valence-corrected chi connectivity index (χ2v) is 9.02. The number of nitrogens with one attached hydrogen (secondary N) is 2. The zero-order valence-corrected chi connectivity index (χ0v) is 17.2. The van der Waals surface area contributed by atoms with E-state index in [-0.39, 0.29) is 10.8 Å². The molecule has 1 saturated heterocycles. The molecule has 6 nitrogen and oxygen atoms in total. The third kappa shape index (κ3) is 5.76. The van der Waals surface area contributed by atoms with Gasteiger partial charge in [0.25, 0.3) is 0 Å². The molecule has 0 aliphatic carbocycles. The quantitative estimate of drug-likeness (QED) is 0.653. The number of sulfonamides is 1. The third-order valence-electron chi connectivity index (χ3n) is 5.09. The van der Waals surface area contributed by atoms with Crippen molar-refractivity contribution in [2.45, 2.75) is 30.2 Å². The molecule has 1 heterocycles. The second-order valence-electron chi connectivity index (χ2n) is 7.09. The van der Waals surface area contributed by atoms with Crippen LogP contribution in [0.1, 0.15) is 18.4 Å². The molecule has 2 N–H and O–H groups in total. The molecule has 0 radical (unpaired) electrons. The Kier molecular flexibility index (Phi) is 7.19. The molecule has 1 amide bonds. The topological polar surface area (TPSA) is 78.5 Å². The minimum atomic E-state index is -3.53. The van der Waals surface area contributed by atoms with Crippen molar-refractivity contribution in [1.29, 1.82) is 0 Å². The Bertz CT molecular complexity index is 920. The predicted molar refractivity (Wildman–Crippen MR) is 115 cm³/mol. The van der Waals surface area contributed by atoms with Gasteiger partial charge < -0.3 is 10.6 Å². The molecule has 154 valence electrons. The lowest BCUT2D eigenvalue weighted by atomic mass is 10.1. The maximum atomic E-state index is 12.9. The fourth-order valence-corrected chi connectivity index (χ4v) is 4.89. The van der Waals surface area contributed by atoms with E-state index in [0.29, 0.717) is 24.8 Å². The molecular formula is C22H27N3O3S. The number of anilines is 1. The maximum absolute atomic E-state index is 12.9. The van der Waals surface area contributed by atoms with E-state index in [1.54, 1.807) is 16.4 Å². The fourth-order valence-electron chi connectivity index (χ4n) is 3.42. The molecule has 2 aromatic carbocycles. The second kappa shape index (κ2) is 9.82. The highest BCUT2D eigenvalue weighted by atomic mass is 32.2. The average Bonchev–Trinajstić information content (AvgIpc) is 2.75. The van der Waals surface area contributed by atoms with Crippen LogP contribution in [0, 0.1) is 0 Å². The van der Waals surface area contributed by atoms with Crippen LogP contribution in [0.3, 0.4) is 0 Å². The highest BCUT2D eigenvalue weighted by Gasteiger charge is 2.29. The summed E-state index contributed by atoms with van der Waals surface area (Å²) in [6, 6.07) is 16.9. The summed E-state index contributed by atoms with van der Waals surface area (Å²) in [5.41, 5.74) is 1.84. The van der Waals surface area contributed by atoms with Crippen molar-refractivity contribution in [2.24, 2.45) is 0 Å². The molecule has 0 aromatic heterocycles. The van der Waals surface area contributed by atoms with Gasteiger partial charge in [0.05, 0.1) is 4.90 Å². The van der Waals surface area contributed by atoms with Crippen molar-refractivity contribution >= 4 is 21.6 Å². The zero-order chi connectivity index (χ0) is 20.7. The summed E-state index contributed by atoms with van der Waals surface area (Å²) in [4.78, 5) is 11.6. The number of hydrogen-bond donors (Lipinski definition) is 2. The monoisotopic (exact) mass is 413 g/mol. The van der Waals surface area contributed by atoms with Gasteiger partial charge in [0, 0.05) is 24.8 Å². The van der Waals surface area contributed by atoms with Crippen molar-refractivity contribution < 1.29 is 13.2 Å². The number of carbonyl (C=O) groups excluding carboxylic acids is 1. The van der Waals surface area contributed by atoms with Crippen LogP contribution in [0.25, 0.3) is 0 Å². The molecule has 7 heteroatoms. The molecule has 1 fully saturated rings. The van der Waals surface area contributed by atoms with E-state index in [1.165, 1.54) is 23.8 Å². The van der Waals surface area contributed by atoms with Gasteiger partial charge in [-0.2, -0.15) is 4.31 Å².